The number of fused-ring (bicyclic) bond motifs is 1. The number of aromatic nitrogens is 3. The Morgan fingerprint density at radius 3 is 2.48 bits per heavy atom. The van der Waals surface area contributed by atoms with E-state index in [4.69, 9.17) is 0 Å². The van der Waals surface area contributed by atoms with Gasteiger partial charge in [-0.3, -0.25) is 9.78 Å². The summed E-state index contributed by atoms with van der Waals surface area (Å²) in [7, 11) is 6.04. The third-order valence-electron chi connectivity index (χ3n) is 5.01. The topological polar surface area (TPSA) is 51.0 Å². The molecule has 0 saturated carbocycles. The van der Waals surface area contributed by atoms with Crippen LogP contribution in [-0.2, 0) is 20.0 Å². The summed E-state index contributed by atoms with van der Waals surface area (Å²) in [6.07, 6.45) is 5.77. The molecule has 0 aliphatic rings. The van der Waals surface area contributed by atoms with Gasteiger partial charge < -0.3 is 9.47 Å². The van der Waals surface area contributed by atoms with Crippen LogP contribution in [0.25, 0.3) is 22.0 Å². The minimum Gasteiger partial charge on any atom is -0.334 e. The number of pyridine rings is 1. The highest BCUT2D eigenvalue weighted by Crippen LogP contribution is 2.24. The molecule has 2 aromatic heterocycles. The van der Waals surface area contributed by atoms with Crippen LogP contribution in [0, 0.1) is 0 Å². The summed E-state index contributed by atoms with van der Waals surface area (Å²) in [5.74, 6) is 0.0797. The zero-order valence-corrected chi connectivity index (χ0v) is 17.0. The van der Waals surface area contributed by atoms with Gasteiger partial charge >= 0.3 is 0 Å². The standard InChI is InChI=1S/C24H24N4O/c1-27(2)15-17-4-6-18(7-5-17)24(29)12-22-11-21-10-19(8-9-20(21)13-26-22)23-14-25-16-28(23)3/h4-11,13-14,16H,12,15H2,1-3H3. The van der Waals surface area contributed by atoms with Crippen molar-refractivity contribution in [3.8, 4) is 11.3 Å². The monoisotopic (exact) mass is 384 g/mol. The normalized spacial score (nSPS) is 11.3. The van der Waals surface area contributed by atoms with Crippen molar-refractivity contribution < 1.29 is 4.79 Å². The van der Waals surface area contributed by atoms with E-state index in [1.807, 2.05) is 68.4 Å². The maximum Gasteiger partial charge on any atom is 0.168 e. The first-order chi connectivity index (χ1) is 14.0. The van der Waals surface area contributed by atoms with Gasteiger partial charge in [-0.25, -0.2) is 4.98 Å². The van der Waals surface area contributed by atoms with Crippen LogP contribution >= 0.6 is 0 Å². The van der Waals surface area contributed by atoms with Crippen molar-refractivity contribution in [1.29, 1.82) is 0 Å². The van der Waals surface area contributed by atoms with Crippen molar-refractivity contribution in [3.63, 3.8) is 0 Å². The van der Waals surface area contributed by atoms with Crippen molar-refractivity contribution in [2.75, 3.05) is 14.1 Å². The quantitative estimate of drug-likeness (QED) is 0.469. The van der Waals surface area contributed by atoms with Crippen molar-refractivity contribution in [2.45, 2.75) is 13.0 Å². The second kappa shape index (κ2) is 7.97. The number of hydrogen-bond acceptors (Lipinski definition) is 4. The molecule has 0 aliphatic heterocycles. The zero-order chi connectivity index (χ0) is 20.4. The largest absolute Gasteiger partial charge is 0.334 e. The Hall–Kier alpha value is -3.31. The number of imidazole rings is 1. The molecular weight excluding hydrogens is 360 g/mol. The van der Waals surface area contributed by atoms with Crippen molar-refractivity contribution in [2.24, 2.45) is 7.05 Å². The van der Waals surface area contributed by atoms with Crippen LogP contribution in [-0.4, -0.2) is 39.3 Å². The number of carbonyl (C=O) groups is 1. The van der Waals surface area contributed by atoms with Gasteiger partial charge in [-0.1, -0.05) is 36.4 Å². The van der Waals surface area contributed by atoms with Gasteiger partial charge in [0.15, 0.2) is 5.78 Å². The molecule has 0 bridgehead atoms. The van der Waals surface area contributed by atoms with Crippen LogP contribution in [0.4, 0.5) is 0 Å². The highest BCUT2D eigenvalue weighted by molar-refractivity contribution is 5.98. The molecule has 0 fully saturated rings. The van der Waals surface area contributed by atoms with E-state index < -0.39 is 0 Å². The smallest absolute Gasteiger partial charge is 0.168 e. The molecule has 2 heterocycles. The summed E-state index contributed by atoms with van der Waals surface area (Å²) in [6.45, 7) is 0.861. The van der Waals surface area contributed by atoms with Crippen LogP contribution in [0.5, 0.6) is 0 Å². The summed E-state index contributed by atoms with van der Waals surface area (Å²) in [4.78, 5) is 23.5. The Kier molecular flexibility index (Phi) is 5.23. The second-order valence-electron chi connectivity index (χ2n) is 7.66. The third kappa shape index (κ3) is 4.25. The number of hydrogen-bond donors (Lipinski definition) is 0. The molecule has 146 valence electrons. The summed E-state index contributed by atoms with van der Waals surface area (Å²) < 4.78 is 1.99. The van der Waals surface area contributed by atoms with Crippen LogP contribution in [0.1, 0.15) is 21.6 Å². The third-order valence-corrected chi connectivity index (χ3v) is 5.01. The number of Topliss-reactive ketones (excluding diaryl/α,β-unsaturated/α-hetero) is 1. The van der Waals surface area contributed by atoms with Crippen LogP contribution in [0.3, 0.4) is 0 Å². The lowest BCUT2D eigenvalue weighted by Crippen LogP contribution is -2.11. The van der Waals surface area contributed by atoms with E-state index in [1.165, 1.54) is 5.56 Å². The lowest BCUT2D eigenvalue weighted by molar-refractivity contribution is 0.0992. The lowest BCUT2D eigenvalue weighted by Gasteiger charge is -2.10. The molecular formula is C24H24N4O. The van der Waals surface area contributed by atoms with Gasteiger partial charge in [0.1, 0.15) is 0 Å². The van der Waals surface area contributed by atoms with Gasteiger partial charge in [0.2, 0.25) is 0 Å². The van der Waals surface area contributed by atoms with E-state index in [1.54, 1.807) is 6.33 Å². The number of carbonyl (C=O) groups excluding carboxylic acids is 1. The van der Waals surface area contributed by atoms with E-state index >= 15 is 0 Å². The molecule has 0 atom stereocenters. The zero-order valence-electron chi connectivity index (χ0n) is 17.0. The second-order valence-corrected chi connectivity index (χ2v) is 7.66. The van der Waals surface area contributed by atoms with E-state index in [9.17, 15) is 4.79 Å². The Bertz CT molecular complexity index is 1160. The molecule has 5 heteroatoms. The van der Waals surface area contributed by atoms with Gasteiger partial charge in [-0.15, -0.1) is 0 Å². The minimum absolute atomic E-state index is 0.0797. The molecule has 2 aromatic carbocycles. The number of nitrogens with zero attached hydrogens (tertiary/aromatic N) is 4. The molecule has 0 spiro atoms. The number of aryl methyl sites for hydroxylation is 1. The van der Waals surface area contributed by atoms with Crippen molar-refractivity contribution in [3.05, 3.63) is 84.1 Å². The van der Waals surface area contributed by atoms with Gasteiger partial charge in [-0.2, -0.15) is 0 Å². The van der Waals surface area contributed by atoms with Gasteiger partial charge in [0.25, 0.3) is 0 Å². The Labute approximate surface area is 170 Å². The molecule has 4 aromatic rings. The molecule has 0 radical (unpaired) electrons. The molecule has 5 nitrogen and oxygen atoms in total. The van der Waals surface area contributed by atoms with Crippen LogP contribution < -0.4 is 0 Å². The fraction of sp³-hybridized carbons (Fsp3) is 0.208. The average Bonchev–Trinajstić information content (AvgIpc) is 3.13. The maximum absolute atomic E-state index is 12.7. The number of ketones is 1. The fourth-order valence-corrected chi connectivity index (χ4v) is 3.51. The summed E-state index contributed by atoms with van der Waals surface area (Å²) in [5, 5.41) is 2.13. The molecule has 0 saturated heterocycles. The van der Waals surface area contributed by atoms with Crippen LogP contribution in [0.15, 0.2) is 67.3 Å². The first kappa shape index (κ1) is 19.0. The highest BCUT2D eigenvalue weighted by Gasteiger charge is 2.10. The first-order valence-electron chi connectivity index (χ1n) is 9.62. The van der Waals surface area contributed by atoms with Gasteiger partial charge in [-0.05, 0) is 37.2 Å². The summed E-state index contributed by atoms with van der Waals surface area (Å²) >= 11 is 0. The Morgan fingerprint density at radius 1 is 1.00 bits per heavy atom. The van der Waals surface area contributed by atoms with Crippen LogP contribution in [0.2, 0.25) is 0 Å². The Morgan fingerprint density at radius 2 is 1.79 bits per heavy atom. The number of rotatable bonds is 6. The van der Waals surface area contributed by atoms with Crippen molar-refractivity contribution >= 4 is 16.6 Å². The van der Waals surface area contributed by atoms with Crippen molar-refractivity contribution in [1.82, 2.24) is 19.4 Å². The predicted octanol–water partition coefficient (Wildman–Crippen LogP) is 4.12. The fourth-order valence-electron chi connectivity index (χ4n) is 3.51. The first-order valence-corrected chi connectivity index (χ1v) is 9.62. The molecule has 0 unspecified atom stereocenters. The Balaban J connectivity index is 1.56. The molecule has 0 aliphatic carbocycles. The van der Waals surface area contributed by atoms with E-state index in [-0.39, 0.29) is 5.78 Å². The average molecular weight is 384 g/mol. The maximum atomic E-state index is 12.7. The summed E-state index contributed by atoms with van der Waals surface area (Å²) in [6, 6.07) is 16.1. The lowest BCUT2D eigenvalue weighted by atomic mass is 10.0. The summed E-state index contributed by atoms with van der Waals surface area (Å²) in [5.41, 5.74) is 4.84. The predicted molar refractivity (Wildman–Crippen MR) is 116 cm³/mol. The molecule has 0 amide bonds. The number of benzene rings is 2. The van der Waals surface area contributed by atoms with E-state index in [0.29, 0.717) is 6.42 Å². The van der Waals surface area contributed by atoms with E-state index in [2.05, 4.69) is 33.1 Å². The molecule has 4 rings (SSSR count). The molecule has 29 heavy (non-hydrogen) atoms. The van der Waals surface area contributed by atoms with Gasteiger partial charge in [0.05, 0.1) is 24.6 Å². The highest BCUT2D eigenvalue weighted by atomic mass is 16.1. The minimum atomic E-state index is 0.0797. The van der Waals surface area contributed by atoms with Gasteiger partial charge in [0, 0.05) is 42.0 Å². The molecule has 0 N–H and O–H groups in total. The SMILES string of the molecule is CN(C)Cc1ccc(C(=O)Cc2cc3cc(-c4cncn4C)ccc3cn2)cc1. The van der Waals surface area contributed by atoms with E-state index in [0.717, 1.165) is 39.8 Å².